The molecule has 0 radical (unpaired) electrons. The Kier molecular flexibility index (Phi) is 66.3. The molecule has 8 amide bonds. The Labute approximate surface area is 518 Å². The number of rotatable bonds is 24. The number of nitrogens with two attached hydrogens (primary N) is 1. The van der Waals surface area contributed by atoms with Crippen molar-refractivity contribution in [3.8, 4) is 0 Å². The van der Waals surface area contributed by atoms with Crippen molar-refractivity contribution in [3.63, 3.8) is 0 Å². The fourth-order valence-corrected chi connectivity index (χ4v) is 5.55. The molecule has 0 spiro atoms. The number of hydrogen-bond acceptors (Lipinski definition) is 23. The molecule has 1 aliphatic heterocycles. The van der Waals surface area contributed by atoms with Crippen LogP contribution in [0.5, 0.6) is 0 Å². The first-order chi connectivity index (χ1) is 39.9. The van der Waals surface area contributed by atoms with Gasteiger partial charge in [-0.15, -0.1) is 0 Å². The summed E-state index contributed by atoms with van der Waals surface area (Å²) in [6.45, 7) is 1.27. The maximum absolute atomic E-state index is 11.0. The Morgan fingerprint density at radius 2 is 1.21 bits per heavy atom. The van der Waals surface area contributed by atoms with Gasteiger partial charge in [-0.2, -0.15) is 0 Å². The van der Waals surface area contributed by atoms with Crippen molar-refractivity contribution < 1.29 is 98.3 Å². The van der Waals surface area contributed by atoms with Gasteiger partial charge in [-0.3, -0.25) is 34.2 Å². The molecule has 17 N–H and O–H groups in total. The van der Waals surface area contributed by atoms with Crippen molar-refractivity contribution in [2.75, 3.05) is 42.3 Å². The van der Waals surface area contributed by atoms with E-state index in [1.165, 1.54) is 113 Å². The molecule has 49 heteroatoms. The number of likely N-dealkylation sites (N-methyl/N-ethyl adjacent to an activating group) is 4. The fraction of sp³-hybridized carbons (Fsp3) is 0.324. The van der Waals surface area contributed by atoms with Crippen LogP contribution >= 0.6 is 80.7 Å². The number of hydrogen-bond donors (Lipinski definition) is 15. The monoisotopic (exact) mass is 1360 g/mol. The van der Waals surface area contributed by atoms with Crippen LogP contribution in [0.2, 0.25) is 0 Å². The van der Waals surface area contributed by atoms with Crippen LogP contribution in [0.3, 0.4) is 0 Å². The minimum Gasteiger partial charge on any atom is -0.412 e. The van der Waals surface area contributed by atoms with E-state index in [1.54, 1.807) is 0 Å². The number of benzene rings is 1. The maximum Gasteiger partial charge on any atom is 0.269 e. The zero-order chi connectivity index (χ0) is 67.0. The molecule has 2 rings (SSSR count). The first-order valence-corrected chi connectivity index (χ1v) is 28.4. The number of nitro benzene ring substituents is 1. The minimum absolute atomic E-state index is 0. The number of nitro groups is 1. The number of imide groups is 1. The summed E-state index contributed by atoms with van der Waals surface area (Å²) in [6, 6.07) is 3.39. The average Bonchev–Trinajstić information content (AvgIpc) is 3.96. The van der Waals surface area contributed by atoms with Crippen LogP contribution in [0, 0.1) is 15.4 Å². The Balaban J connectivity index is -0.000000168. The van der Waals surface area contributed by atoms with E-state index in [2.05, 4.69) is 96.1 Å². The van der Waals surface area contributed by atoms with Gasteiger partial charge >= 0.3 is 358 Å². The van der Waals surface area contributed by atoms with Crippen LogP contribution in [0.25, 0.3) is 0 Å². The largest absolute Gasteiger partial charge is 0.412 e. The second-order valence-electron chi connectivity index (χ2n) is 13.6. The van der Waals surface area contributed by atoms with Gasteiger partial charge in [0.1, 0.15) is 0 Å². The Bertz CT molecular complexity index is 2510. The van der Waals surface area contributed by atoms with Gasteiger partial charge in [0, 0.05) is 56.1 Å². The molecule has 8 atom stereocenters. The van der Waals surface area contributed by atoms with E-state index in [0.29, 0.717) is 7.66 Å². The summed E-state index contributed by atoms with van der Waals surface area (Å²) >= 11 is 5.64. The van der Waals surface area contributed by atoms with Gasteiger partial charge in [-0.25, -0.2) is 4.79 Å². The van der Waals surface area contributed by atoms with E-state index in [0.717, 1.165) is 46.4 Å². The van der Waals surface area contributed by atoms with Gasteiger partial charge in [0.2, 0.25) is 11.8 Å². The van der Waals surface area contributed by atoms with E-state index in [4.69, 9.17) is 36.6 Å². The number of aliphatic carboxylic acids is 5. The number of carboxylic acids is 5. The van der Waals surface area contributed by atoms with Gasteiger partial charge in [-0.1, -0.05) is 0 Å². The van der Waals surface area contributed by atoms with Crippen LogP contribution in [0.4, 0.5) is 5.69 Å². The molecule has 0 fully saturated rings. The summed E-state index contributed by atoms with van der Waals surface area (Å²) in [5, 5.41) is 74.4. The number of nitrogens with one attached hydrogen (secondary N) is 8. The zero-order valence-electron chi connectivity index (χ0n) is 46.1. The fourth-order valence-electron chi connectivity index (χ4n) is 3.85. The van der Waals surface area contributed by atoms with Crippen LogP contribution in [-0.2, 0) is 57.5 Å². The van der Waals surface area contributed by atoms with Gasteiger partial charge < -0.3 is 21.6 Å². The number of primary amides is 1. The summed E-state index contributed by atoms with van der Waals surface area (Å²) in [5.74, 6) is -8.39. The van der Waals surface area contributed by atoms with Crippen molar-refractivity contribution in [3.05, 3.63) is 75.2 Å². The molecule has 8 unspecified atom stereocenters. The van der Waals surface area contributed by atoms with Gasteiger partial charge in [0.25, 0.3) is 17.5 Å². The average molecular weight is 1360 g/mol. The molecule has 1 aromatic rings. The first kappa shape index (κ1) is 92.9. The summed E-state index contributed by atoms with van der Waals surface area (Å²) in [5.41, 5.74) is 5.14. The molecule has 0 saturated heterocycles. The van der Waals surface area contributed by atoms with Gasteiger partial charge in [-0.05, 0) is 12.1 Å². The molecule has 0 aromatic heterocycles. The number of thiol groups is 1. The summed E-state index contributed by atoms with van der Waals surface area (Å²) < 4.78 is 14.1. The third-order valence-corrected chi connectivity index (χ3v) is 11.1. The second kappa shape index (κ2) is 61.3. The van der Waals surface area contributed by atoms with E-state index in [-0.39, 0.29) is 70.4 Å². The van der Waals surface area contributed by atoms with Crippen molar-refractivity contribution in [1.29, 1.82) is 5.31 Å². The molecule has 86 heavy (non-hydrogen) atoms. The molecule has 0 aliphatic carbocycles. The summed E-state index contributed by atoms with van der Waals surface area (Å²) in [7, 11) is 19.8. The standard InChI is InChI=1S/C7H6N2O3.2C5H11BN3O3P.C5H8BN2O3PS.C5H10BN2O3PS.C5H7NO3.C5H5NO2.BH3NPS.H2O/c8-7(10)5-1-3-6(4-2-5)9(11)12;1-7-5(12)3(2-4(10)11)8-6-9-13;1-7-4(10)2-3(5(11)12)8-6-9-13;1-7-5(11)3(2-4(9)10)13-6-8-12;1-7-4(9)2-3(5(10)11)13-6-8-12;1-6-4(7)2-3-5(8)9;1-6-4(7)2-3-5(6)8;2-1-3-4;/h1-4H,(H2,8,10);3,8H,2,13H2,1H3,(H,7,12)(H,10,11);3,8H,2,13H2,1H3,(H,7,10)(H,11,12);2H,12H2,1H3,(H,7,11)(H,9,10);3H,2,12H2,1H3,(H,7,9)(H,10,11);2-3H,1H3,(H,6,7)(H,8,9);2-3H,1H3;2-4H;1H2/b;;;3-2+;;3-2-;;;. The predicted molar refractivity (Wildman–Crippen MR) is 342 cm³/mol. The van der Waals surface area contributed by atoms with Crippen LogP contribution in [-0.4, -0.2) is 211 Å². The topological polar surface area (TPSA) is 584 Å². The third kappa shape index (κ3) is 57.7. The van der Waals surface area contributed by atoms with E-state index in [1.807, 2.05) is 9.39 Å². The minimum atomic E-state index is -1.16. The number of non-ortho nitro benzene ring substituents is 1. The van der Waals surface area contributed by atoms with Crippen molar-refractivity contribution in [2.45, 2.75) is 36.6 Å². The van der Waals surface area contributed by atoms with Crippen molar-refractivity contribution >= 4 is 197 Å². The molecule has 470 valence electrons. The number of amides is 8. The van der Waals surface area contributed by atoms with Gasteiger partial charge in [0.05, 0.1) is 4.92 Å². The smallest absolute Gasteiger partial charge is 0.269 e. The molecule has 0 bridgehead atoms. The quantitative estimate of drug-likeness (QED) is 0.00940. The zero-order valence-corrected chi connectivity index (χ0v) is 54.3. The molecule has 1 aliphatic rings. The molecular weight excluding hydrogens is 1300 g/mol. The number of carboxylic acid groups (broad SMARTS) is 5. The summed E-state index contributed by atoms with van der Waals surface area (Å²) in [4.78, 5) is 148. The first-order valence-electron chi connectivity index (χ1n) is 22.1. The normalized spacial score (nSPS) is 11.5. The SMILES string of the molecule is CN1C(=O)C=CC1=O.CNC(=O)/C(=C\C(=O)O)SB=NP.CNC(=O)/C=C\C(=O)O.CNC(=O)C(CC(=O)O)NB=NP.CNC(=O)CC(NB=NP)C(=O)O.CNC(=O)CC(SB=NP)C(=O)O.N=BPS.NC(=O)c1ccc([N+](=O)[O-])cc1.O. The van der Waals surface area contributed by atoms with E-state index < -0.39 is 69.8 Å². The number of carbonyl (C=O) groups excluding carboxylic acids is 8. The number of nitrogens with zero attached hydrogens (tertiary/aromatic N) is 6. The predicted octanol–water partition coefficient (Wildman–Crippen LogP) is -2.88. The molecular formula is C37H63B5N15O21P5S3. The van der Waals surface area contributed by atoms with Crippen molar-refractivity contribution in [1.82, 2.24) is 41.9 Å². The number of carbonyl (C=O) groups is 13. The molecule has 36 nitrogen and oxygen atoms in total. The third-order valence-electron chi connectivity index (χ3n) is 7.85. The second-order valence-corrected chi connectivity index (χ2v) is 18.1. The maximum atomic E-state index is 11.0. The Morgan fingerprint density at radius 3 is 1.52 bits per heavy atom. The summed E-state index contributed by atoms with van der Waals surface area (Å²) in [6.07, 6.45) is 7.34. The Hall–Kier alpha value is -6.77. The van der Waals surface area contributed by atoms with Crippen LogP contribution in [0.1, 0.15) is 29.6 Å². The molecule has 0 saturated carbocycles. The van der Waals surface area contributed by atoms with Crippen LogP contribution in [0.15, 0.2) is 78.2 Å². The van der Waals surface area contributed by atoms with Crippen molar-refractivity contribution in [2.24, 2.45) is 24.4 Å². The Morgan fingerprint density at radius 1 is 0.733 bits per heavy atom. The molecule has 1 heterocycles. The van der Waals surface area contributed by atoms with E-state index in [9.17, 15) is 72.4 Å². The van der Waals surface area contributed by atoms with E-state index >= 15 is 0 Å². The van der Waals surface area contributed by atoms with Crippen LogP contribution < -0.4 is 42.8 Å². The molecule has 1 aromatic carbocycles. The van der Waals surface area contributed by atoms with Gasteiger partial charge in [0.15, 0.2) is 0 Å².